The summed E-state index contributed by atoms with van der Waals surface area (Å²) in [6.45, 7) is 20.1. The fourth-order valence-corrected chi connectivity index (χ4v) is 6.28. The van der Waals surface area contributed by atoms with Crippen LogP contribution in [0.25, 0.3) is 11.0 Å². The van der Waals surface area contributed by atoms with E-state index in [9.17, 15) is 49.2 Å². The zero-order valence-electron chi connectivity index (χ0n) is 50.0. The molecule has 7 aromatic rings. The Morgan fingerprint density at radius 1 is 0.528 bits per heavy atom. The van der Waals surface area contributed by atoms with Gasteiger partial charge in [0.15, 0.2) is 28.9 Å². The number of ether oxygens (including phenoxy) is 1. The Bertz CT molecular complexity index is 3200. The Kier molecular flexibility index (Phi) is 72.0. The van der Waals surface area contributed by atoms with Gasteiger partial charge in [0.05, 0.1) is 24.9 Å². The van der Waals surface area contributed by atoms with E-state index in [4.69, 9.17) is 14.3 Å². The summed E-state index contributed by atoms with van der Waals surface area (Å²) in [6.07, 6.45) is 9.24. The predicted molar refractivity (Wildman–Crippen MR) is 342 cm³/mol. The van der Waals surface area contributed by atoms with E-state index in [1.54, 1.807) is 68.5 Å². The smallest absolute Gasteiger partial charge is 0.872 e. The largest absolute Gasteiger partial charge is 1.00 e. The number of hydrogen-bond acceptors (Lipinski definition) is 13. The van der Waals surface area contributed by atoms with E-state index < -0.39 is 0 Å². The molecule has 0 radical (unpaired) electrons. The third kappa shape index (κ3) is 44.0. The third-order valence-electron chi connectivity index (χ3n) is 10.3. The minimum absolute atomic E-state index is 0. The van der Waals surface area contributed by atoms with Gasteiger partial charge in [-0.15, -0.1) is 23.0 Å². The molecule has 0 atom stereocenters. The SMILES string of the molecule is C.C.C.C.C.C.C=C1C=CC(=O)C=C1.CC.CC(=O)CC(=O)c1ccc([O-])cc1.CC(C)=CC(=O)c1ccc([O-])cc1.COC(C)=CC(=O)c1ccc([O-])cc1.Cc1ccc(O)cc1.Cc1ccc2oc(C)c(C(=O)c3ccc([O-])cc3)c2c1.O.[Rb+].[Rb+].[Rb+].[Rb+]. The van der Waals surface area contributed by atoms with Crippen molar-refractivity contribution in [2.24, 2.45) is 0 Å². The molecule has 0 saturated heterocycles. The standard InChI is InChI=1S/C17H14O3.C11H12O3.C11H12O2.C10H10O3.C7H8O.C7H6O.C2H6.6CH4.H2O.4Rb/c1-10-3-8-15-14(9-10)16(11(2)20-15)17(19)12-4-6-13(18)7-5-12;1-8(14-2)7-11(13)9-3-5-10(12)6-4-9;1-8(2)7-11(13)9-3-5-10(12)6-4-9;1-7(11)6-10(13)8-2-4-9(12)5-3-8;2*1-6-2-4-7(8)5-3-6;1-2;;;;;;;;;;;/h3-9,18H,1-2H3;3-7,12H,1-2H3;3-7,12H,1-2H3;2-5,12H,6H2,1H3;2-5,8H,1H3;2-5H,1H2;1-2H3;6*1H4;1H2;;;;/q;;;;;;;;;;;;;;4*+1/p-4. The first-order valence-electron chi connectivity index (χ1n) is 24.4. The van der Waals surface area contributed by atoms with Crippen LogP contribution in [0.4, 0.5) is 0 Å². The van der Waals surface area contributed by atoms with Crippen molar-refractivity contribution in [3.05, 3.63) is 244 Å². The molecule has 462 valence electrons. The van der Waals surface area contributed by atoms with E-state index in [0.29, 0.717) is 50.7 Å². The summed E-state index contributed by atoms with van der Waals surface area (Å²) in [5.41, 5.74) is 7.30. The minimum atomic E-state index is -0.243. The number of furan rings is 1. The molecule has 0 amide bonds. The maximum atomic E-state index is 12.6. The number of allylic oxidation sites excluding steroid dienone is 9. The Hall–Kier alpha value is -2.44. The molecule has 1 aromatic heterocycles. The number of phenolic OH excluding ortho intramolecular Hbond substituents is 1. The molecule has 0 unspecified atom stereocenters. The number of aryl methyl sites for hydroxylation is 3. The molecule has 1 aliphatic carbocycles. The summed E-state index contributed by atoms with van der Waals surface area (Å²) in [5.74, 6) is 0.337. The molecule has 3 N–H and O–H groups in total. The van der Waals surface area contributed by atoms with Crippen LogP contribution >= 0.6 is 0 Å². The molecule has 0 saturated carbocycles. The number of carbonyl (C=O) groups excluding carboxylic acids is 6. The Morgan fingerprint density at radius 2 is 0.888 bits per heavy atom. The van der Waals surface area contributed by atoms with E-state index >= 15 is 0 Å². The zero-order chi connectivity index (χ0) is 58.5. The monoisotopic (exact) mass is 1510 g/mol. The second-order valence-electron chi connectivity index (χ2n) is 17.2. The number of rotatable bonds is 10. The van der Waals surface area contributed by atoms with Crippen LogP contribution in [0, 0.1) is 20.8 Å². The van der Waals surface area contributed by atoms with Crippen molar-refractivity contribution in [2.45, 2.75) is 113 Å². The second-order valence-corrected chi connectivity index (χ2v) is 17.2. The zero-order valence-corrected chi connectivity index (χ0v) is 69.7. The Labute approximate surface area is 727 Å². The van der Waals surface area contributed by atoms with Crippen molar-refractivity contribution < 1.29 is 302 Å². The molecule has 14 nitrogen and oxygen atoms in total. The normalized spacial score (nSPS) is 9.44. The number of carbonyl (C=O) groups is 6. The van der Waals surface area contributed by atoms with Gasteiger partial charge in [-0.05, 0) is 96.5 Å². The van der Waals surface area contributed by atoms with E-state index in [1.807, 2.05) is 71.9 Å². The first kappa shape index (κ1) is 108. The fourth-order valence-electron chi connectivity index (χ4n) is 6.28. The summed E-state index contributed by atoms with van der Waals surface area (Å²) < 4.78 is 10.5. The van der Waals surface area contributed by atoms with E-state index in [-0.39, 0.29) is 347 Å². The van der Waals surface area contributed by atoms with Gasteiger partial charge in [0.2, 0.25) is 0 Å². The van der Waals surface area contributed by atoms with Gasteiger partial charge in [-0.3, -0.25) is 28.8 Å². The summed E-state index contributed by atoms with van der Waals surface area (Å²) >= 11 is 0. The molecule has 0 fully saturated rings. The van der Waals surface area contributed by atoms with Gasteiger partial charge in [-0.2, -0.15) is 0 Å². The van der Waals surface area contributed by atoms with Crippen molar-refractivity contribution in [1.82, 2.24) is 0 Å². The first-order chi connectivity index (χ1) is 36.9. The van der Waals surface area contributed by atoms with Crippen LogP contribution in [-0.4, -0.2) is 52.4 Å². The molecule has 1 aliphatic rings. The average Bonchev–Trinajstić information content (AvgIpc) is 3.74. The molecule has 0 bridgehead atoms. The van der Waals surface area contributed by atoms with E-state index in [1.165, 1.54) is 111 Å². The second kappa shape index (κ2) is 59.3. The van der Waals surface area contributed by atoms with Gasteiger partial charge < -0.3 is 40.2 Å². The number of methoxy groups -OCH3 is 1. The average molecular weight is 1510 g/mol. The quantitative estimate of drug-likeness (QED) is 0.0895. The first-order valence-corrected chi connectivity index (χ1v) is 24.4. The number of Topliss-reactive ketones (excluding diaryl/α,β-unsaturated/α-hetero) is 2. The van der Waals surface area contributed by atoms with Crippen molar-refractivity contribution >= 4 is 45.7 Å². The summed E-state index contributed by atoms with van der Waals surface area (Å²) in [4.78, 5) is 67.7. The molecular formula is C71H90O14Rb4. The van der Waals surface area contributed by atoms with Crippen molar-refractivity contribution in [1.29, 1.82) is 0 Å². The molecule has 0 spiro atoms. The summed E-state index contributed by atoms with van der Waals surface area (Å²) in [5, 5.41) is 52.9. The number of hydrogen-bond donors (Lipinski definition) is 1. The van der Waals surface area contributed by atoms with Crippen molar-refractivity contribution in [2.75, 3.05) is 7.11 Å². The Balaban J connectivity index is -0.000000104. The van der Waals surface area contributed by atoms with Crippen LogP contribution in [0.5, 0.6) is 28.7 Å². The number of ketones is 6. The maximum absolute atomic E-state index is 12.6. The maximum Gasteiger partial charge on any atom is 1.00 e. The van der Waals surface area contributed by atoms with Gasteiger partial charge in [0.1, 0.15) is 22.9 Å². The molecule has 89 heavy (non-hydrogen) atoms. The number of phenols is 1. The number of benzene rings is 6. The van der Waals surface area contributed by atoms with Crippen LogP contribution in [0.3, 0.4) is 0 Å². The molecular weight excluding hydrogens is 1420 g/mol. The van der Waals surface area contributed by atoms with Crippen LogP contribution in [0.2, 0.25) is 0 Å². The van der Waals surface area contributed by atoms with E-state index in [2.05, 4.69) is 6.58 Å². The van der Waals surface area contributed by atoms with Gasteiger partial charge >= 0.3 is 233 Å². The van der Waals surface area contributed by atoms with E-state index in [0.717, 1.165) is 22.1 Å². The molecule has 18 heteroatoms. The van der Waals surface area contributed by atoms with Gasteiger partial charge in [-0.1, -0.05) is 209 Å². The van der Waals surface area contributed by atoms with Crippen molar-refractivity contribution in [3.8, 4) is 28.7 Å². The fraction of sp³-hybridized carbons (Fsp3) is 0.239. The molecule has 0 aliphatic heterocycles. The molecule has 8 rings (SSSR count). The van der Waals surface area contributed by atoms with Crippen LogP contribution in [0.15, 0.2) is 204 Å². The number of fused-ring (bicyclic) bond motifs is 1. The third-order valence-corrected chi connectivity index (χ3v) is 10.3. The van der Waals surface area contributed by atoms with Crippen LogP contribution in [0.1, 0.15) is 156 Å². The topological polar surface area (TPSA) is 269 Å². The molecule has 1 heterocycles. The van der Waals surface area contributed by atoms with Crippen molar-refractivity contribution in [3.63, 3.8) is 0 Å². The van der Waals surface area contributed by atoms with Crippen LogP contribution < -0.4 is 253 Å². The predicted octanol–water partition coefficient (Wildman–Crippen LogP) is 2.65. The van der Waals surface area contributed by atoms with Crippen LogP contribution in [-0.2, 0) is 14.3 Å². The molecule has 6 aromatic carbocycles. The Morgan fingerprint density at radius 3 is 1.24 bits per heavy atom. The van der Waals surface area contributed by atoms with Gasteiger partial charge in [0, 0.05) is 33.7 Å². The van der Waals surface area contributed by atoms with Gasteiger partial charge in [-0.25, -0.2) is 0 Å². The van der Waals surface area contributed by atoms with Gasteiger partial charge in [0.25, 0.3) is 0 Å². The summed E-state index contributed by atoms with van der Waals surface area (Å²) in [6, 6.07) is 35.9. The minimum Gasteiger partial charge on any atom is -0.872 e. The number of aromatic hydroxyl groups is 1. The summed E-state index contributed by atoms with van der Waals surface area (Å²) in [7, 11) is 1.50.